The third-order valence-electron chi connectivity index (χ3n) is 2.96. The molecule has 1 atom stereocenters. The number of hydrogen-bond acceptors (Lipinski definition) is 3. The van der Waals surface area contributed by atoms with Crippen molar-refractivity contribution >= 4 is 43.8 Å². The molecule has 0 aromatic carbocycles. The van der Waals surface area contributed by atoms with E-state index in [0.29, 0.717) is 13.0 Å². The SMILES string of the molecule is CC(C)(Br)C(=O)OCCCCCCCC(C)(Br)C(=O)O. The number of halogens is 2. The maximum atomic E-state index is 11.4. The molecular formula is C14H24Br2O4. The lowest BCUT2D eigenvalue weighted by molar-refractivity contribution is -0.145. The van der Waals surface area contributed by atoms with Crippen molar-refractivity contribution in [2.75, 3.05) is 6.61 Å². The Hall–Kier alpha value is -0.100. The van der Waals surface area contributed by atoms with Crippen molar-refractivity contribution in [3.8, 4) is 0 Å². The summed E-state index contributed by atoms with van der Waals surface area (Å²) in [6, 6.07) is 0. The molecule has 0 heterocycles. The maximum absolute atomic E-state index is 11.4. The van der Waals surface area contributed by atoms with Gasteiger partial charge >= 0.3 is 11.9 Å². The number of carbonyl (C=O) groups is 2. The predicted octanol–water partition coefficient (Wildman–Crippen LogP) is 4.28. The van der Waals surface area contributed by atoms with Crippen LogP contribution in [0.4, 0.5) is 0 Å². The number of carboxylic acids is 1. The monoisotopic (exact) mass is 414 g/mol. The van der Waals surface area contributed by atoms with Crippen LogP contribution in [-0.2, 0) is 14.3 Å². The second-order valence-corrected chi connectivity index (χ2v) is 9.36. The smallest absolute Gasteiger partial charge is 0.322 e. The zero-order valence-corrected chi connectivity index (χ0v) is 15.5. The number of unbranched alkanes of at least 4 members (excludes halogenated alkanes) is 4. The highest BCUT2D eigenvalue weighted by molar-refractivity contribution is 9.10. The average molecular weight is 416 g/mol. The van der Waals surface area contributed by atoms with Gasteiger partial charge in [0.25, 0.3) is 0 Å². The summed E-state index contributed by atoms with van der Waals surface area (Å²) in [6.07, 6.45) is 5.35. The van der Waals surface area contributed by atoms with Gasteiger partial charge in [-0.25, -0.2) is 0 Å². The fourth-order valence-electron chi connectivity index (χ4n) is 1.53. The average Bonchev–Trinajstić information content (AvgIpc) is 2.30. The number of hydrogen-bond donors (Lipinski definition) is 1. The van der Waals surface area contributed by atoms with E-state index < -0.39 is 14.6 Å². The molecule has 0 aromatic rings. The van der Waals surface area contributed by atoms with Gasteiger partial charge in [-0.15, -0.1) is 0 Å². The first kappa shape index (κ1) is 19.9. The first-order valence-electron chi connectivity index (χ1n) is 6.86. The van der Waals surface area contributed by atoms with Crippen LogP contribution < -0.4 is 0 Å². The van der Waals surface area contributed by atoms with Gasteiger partial charge in [-0.2, -0.15) is 0 Å². The van der Waals surface area contributed by atoms with Gasteiger partial charge in [-0.1, -0.05) is 57.5 Å². The molecule has 0 bridgehead atoms. The Morgan fingerprint density at radius 2 is 1.50 bits per heavy atom. The van der Waals surface area contributed by atoms with Crippen molar-refractivity contribution in [3.63, 3.8) is 0 Å². The van der Waals surface area contributed by atoms with Crippen LogP contribution in [0, 0.1) is 0 Å². The lowest BCUT2D eigenvalue weighted by Gasteiger charge is -2.16. The number of rotatable bonds is 10. The molecule has 118 valence electrons. The van der Waals surface area contributed by atoms with E-state index in [-0.39, 0.29) is 5.97 Å². The van der Waals surface area contributed by atoms with Crippen molar-refractivity contribution in [3.05, 3.63) is 0 Å². The Morgan fingerprint density at radius 1 is 1.00 bits per heavy atom. The van der Waals surface area contributed by atoms with Gasteiger partial charge < -0.3 is 9.84 Å². The molecule has 0 saturated carbocycles. The van der Waals surface area contributed by atoms with E-state index in [1.807, 2.05) is 0 Å². The second-order valence-electron chi connectivity index (χ2n) is 5.63. The summed E-state index contributed by atoms with van der Waals surface area (Å²) in [5, 5.41) is 8.93. The van der Waals surface area contributed by atoms with E-state index >= 15 is 0 Å². The topological polar surface area (TPSA) is 63.6 Å². The Labute approximate surface area is 137 Å². The summed E-state index contributed by atoms with van der Waals surface area (Å²) < 4.78 is 3.69. The molecule has 0 radical (unpaired) electrons. The van der Waals surface area contributed by atoms with Gasteiger partial charge in [0.2, 0.25) is 0 Å². The number of ether oxygens (including phenoxy) is 1. The normalized spacial score (nSPS) is 14.7. The van der Waals surface area contributed by atoms with Gasteiger partial charge in [0.15, 0.2) is 0 Å². The molecule has 0 spiro atoms. The zero-order chi connectivity index (χ0) is 15.8. The van der Waals surface area contributed by atoms with E-state index in [1.165, 1.54) is 0 Å². The minimum atomic E-state index is -0.818. The van der Waals surface area contributed by atoms with Gasteiger partial charge in [-0.05, 0) is 33.6 Å². The molecule has 0 aliphatic heterocycles. The molecule has 0 amide bonds. The summed E-state index contributed by atoms with van der Waals surface area (Å²) in [4.78, 5) is 22.3. The van der Waals surface area contributed by atoms with E-state index in [0.717, 1.165) is 32.1 Å². The lowest BCUT2D eigenvalue weighted by Crippen LogP contribution is -2.27. The highest BCUT2D eigenvalue weighted by Crippen LogP contribution is 2.25. The molecule has 0 aliphatic carbocycles. The standard InChI is InChI=1S/C14H24Br2O4/c1-13(2,15)12(19)20-10-8-6-4-5-7-9-14(3,16)11(17)18/h4-10H2,1-3H3,(H,17,18). The Bertz CT molecular complexity index is 322. The Balaban J connectivity index is 3.51. The molecule has 0 aromatic heterocycles. The zero-order valence-electron chi connectivity index (χ0n) is 12.4. The summed E-state index contributed by atoms with van der Waals surface area (Å²) in [5.41, 5.74) is 0. The first-order valence-corrected chi connectivity index (χ1v) is 8.44. The largest absolute Gasteiger partial charge is 0.480 e. The van der Waals surface area contributed by atoms with E-state index in [2.05, 4.69) is 31.9 Å². The third-order valence-corrected chi connectivity index (χ3v) is 4.01. The summed E-state index contributed by atoms with van der Waals surface area (Å²) in [6.45, 7) is 5.64. The van der Waals surface area contributed by atoms with Crippen molar-refractivity contribution in [1.29, 1.82) is 0 Å². The van der Waals surface area contributed by atoms with Crippen LogP contribution in [0.25, 0.3) is 0 Å². The molecule has 20 heavy (non-hydrogen) atoms. The predicted molar refractivity (Wildman–Crippen MR) is 86.6 cm³/mol. The first-order chi connectivity index (χ1) is 9.07. The third kappa shape index (κ3) is 8.95. The van der Waals surface area contributed by atoms with Crippen LogP contribution >= 0.6 is 31.9 Å². The molecule has 0 rings (SSSR count). The molecule has 0 saturated heterocycles. The number of alkyl halides is 2. The second kappa shape index (κ2) is 9.03. The summed E-state index contributed by atoms with van der Waals surface area (Å²) >= 11 is 6.46. The van der Waals surface area contributed by atoms with E-state index in [9.17, 15) is 9.59 Å². The molecule has 6 heteroatoms. The van der Waals surface area contributed by atoms with Gasteiger partial charge in [0.1, 0.15) is 8.65 Å². The highest BCUT2D eigenvalue weighted by atomic mass is 79.9. The van der Waals surface area contributed by atoms with Crippen LogP contribution in [0.1, 0.15) is 59.3 Å². The minimum absolute atomic E-state index is 0.242. The Kier molecular flexibility index (Phi) is 8.98. The van der Waals surface area contributed by atoms with Gasteiger partial charge in [-0.3, -0.25) is 9.59 Å². The number of carboxylic acid groups (broad SMARTS) is 1. The Morgan fingerprint density at radius 3 is 2.00 bits per heavy atom. The van der Waals surface area contributed by atoms with Crippen molar-refractivity contribution < 1.29 is 19.4 Å². The minimum Gasteiger partial charge on any atom is -0.480 e. The number of aliphatic carboxylic acids is 1. The molecule has 1 unspecified atom stereocenters. The fraction of sp³-hybridized carbons (Fsp3) is 0.857. The molecule has 4 nitrogen and oxygen atoms in total. The highest BCUT2D eigenvalue weighted by Gasteiger charge is 2.28. The van der Waals surface area contributed by atoms with Crippen LogP contribution in [0.5, 0.6) is 0 Å². The quantitative estimate of drug-likeness (QED) is 0.328. The summed E-state index contributed by atoms with van der Waals surface area (Å²) in [7, 11) is 0. The van der Waals surface area contributed by atoms with E-state index in [4.69, 9.17) is 9.84 Å². The van der Waals surface area contributed by atoms with Crippen molar-refractivity contribution in [1.82, 2.24) is 0 Å². The van der Waals surface area contributed by atoms with Gasteiger partial charge in [0.05, 0.1) is 6.61 Å². The number of esters is 1. The maximum Gasteiger partial charge on any atom is 0.322 e. The molecular weight excluding hydrogens is 392 g/mol. The fourth-order valence-corrected chi connectivity index (χ4v) is 1.93. The molecule has 0 fully saturated rings. The van der Waals surface area contributed by atoms with Gasteiger partial charge in [0, 0.05) is 0 Å². The van der Waals surface area contributed by atoms with Crippen LogP contribution in [0.3, 0.4) is 0 Å². The summed E-state index contributed by atoms with van der Waals surface area (Å²) in [5.74, 6) is -1.06. The van der Waals surface area contributed by atoms with Crippen molar-refractivity contribution in [2.45, 2.75) is 67.9 Å². The van der Waals surface area contributed by atoms with Crippen LogP contribution in [0.15, 0.2) is 0 Å². The lowest BCUT2D eigenvalue weighted by atomic mass is 10.0. The van der Waals surface area contributed by atoms with Crippen molar-refractivity contribution in [2.24, 2.45) is 0 Å². The molecule has 0 aliphatic rings. The van der Waals surface area contributed by atoms with E-state index in [1.54, 1.807) is 20.8 Å². The van der Waals surface area contributed by atoms with Crippen LogP contribution in [-0.4, -0.2) is 32.3 Å². The number of carbonyl (C=O) groups excluding carboxylic acids is 1. The molecule has 1 N–H and O–H groups in total. The van der Waals surface area contributed by atoms with Crippen LogP contribution in [0.2, 0.25) is 0 Å².